The summed E-state index contributed by atoms with van der Waals surface area (Å²) in [5.41, 5.74) is 0. The van der Waals surface area contributed by atoms with E-state index in [1.54, 1.807) is 0 Å². The molecule has 0 aromatic carbocycles. The summed E-state index contributed by atoms with van der Waals surface area (Å²) in [7, 11) is 0. The fourth-order valence-corrected chi connectivity index (χ4v) is 0.771. The van der Waals surface area contributed by atoms with Gasteiger partial charge < -0.3 is 9.53 Å². The Labute approximate surface area is 57.2 Å². The molecule has 4 nitrogen and oxygen atoms in total. The Balaban J connectivity index is 2.32. The van der Waals surface area contributed by atoms with Crippen LogP contribution in [0.2, 0.25) is 0 Å². The SMILES string of the molecule is O=COC(=O)C1CC1C=O. The van der Waals surface area contributed by atoms with Crippen LogP contribution in [-0.2, 0) is 19.1 Å². The summed E-state index contributed by atoms with van der Waals surface area (Å²) in [4.78, 5) is 30.2. The second-order valence-electron chi connectivity index (χ2n) is 2.18. The van der Waals surface area contributed by atoms with Gasteiger partial charge in [0, 0.05) is 5.92 Å². The standard InChI is InChI=1S/C6H6O4/c7-2-4-1-5(4)6(9)10-3-8/h2-5H,1H2. The molecular weight excluding hydrogens is 136 g/mol. The molecule has 1 saturated carbocycles. The van der Waals surface area contributed by atoms with Gasteiger partial charge in [0.25, 0.3) is 0 Å². The van der Waals surface area contributed by atoms with Crippen molar-refractivity contribution < 1.29 is 19.1 Å². The first-order chi connectivity index (χ1) is 4.79. The Bertz CT molecular complexity index is 175. The number of esters is 1. The van der Waals surface area contributed by atoms with Crippen molar-refractivity contribution in [2.75, 3.05) is 0 Å². The molecule has 0 heterocycles. The lowest BCUT2D eigenvalue weighted by Gasteiger charge is -1.89. The second kappa shape index (κ2) is 2.60. The minimum Gasteiger partial charge on any atom is -0.395 e. The Morgan fingerprint density at radius 3 is 2.60 bits per heavy atom. The van der Waals surface area contributed by atoms with E-state index in [1.165, 1.54) is 0 Å². The Morgan fingerprint density at radius 2 is 2.20 bits per heavy atom. The number of rotatable bonds is 3. The van der Waals surface area contributed by atoms with Crippen LogP contribution in [0.1, 0.15) is 6.42 Å². The number of aldehydes is 1. The van der Waals surface area contributed by atoms with E-state index in [1.807, 2.05) is 0 Å². The van der Waals surface area contributed by atoms with E-state index in [0.29, 0.717) is 12.7 Å². The Kier molecular flexibility index (Phi) is 1.80. The number of hydrogen-bond acceptors (Lipinski definition) is 4. The summed E-state index contributed by atoms with van der Waals surface area (Å²) in [5.74, 6) is -1.16. The average Bonchev–Trinajstić information content (AvgIpc) is 2.66. The average molecular weight is 142 g/mol. The lowest BCUT2D eigenvalue weighted by molar-refractivity contribution is -0.153. The molecule has 1 aliphatic carbocycles. The molecule has 0 radical (unpaired) electrons. The molecule has 0 aliphatic heterocycles. The third kappa shape index (κ3) is 1.21. The second-order valence-corrected chi connectivity index (χ2v) is 2.18. The fraction of sp³-hybridized carbons (Fsp3) is 0.500. The quantitative estimate of drug-likeness (QED) is 0.303. The zero-order valence-corrected chi connectivity index (χ0v) is 5.15. The molecule has 0 bridgehead atoms. The summed E-state index contributed by atoms with van der Waals surface area (Å²) in [6.45, 7) is 0.0858. The molecule has 1 fully saturated rings. The lowest BCUT2D eigenvalue weighted by Crippen LogP contribution is -2.06. The summed E-state index contributed by atoms with van der Waals surface area (Å²) in [5, 5.41) is 0. The highest BCUT2D eigenvalue weighted by Crippen LogP contribution is 2.37. The third-order valence-electron chi connectivity index (χ3n) is 1.48. The minimum absolute atomic E-state index is 0.0858. The Hall–Kier alpha value is -1.19. The molecule has 0 spiro atoms. The van der Waals surface area contributed by atoms with Crippen LogP contribution < -0.4 is 0 Å². The zero-order chi connectivity index (χ0) is 7.56. The van der Waals surface area contributed by atoms with Crippen molar-refractivity contribution in [2.45, 2.75) is 6.42 Å². The van der Waals surface area contributed by atoms with E-state index < -0.39 is 5.97 Å². The van der Waals surface area contributed by atoms with Gasteiger partial charge in [0.15, 0.2) is 0 Å². The van der Waals surface area contributed by atoms with Crippen LogP contribution >= 0.6 is 0 Å². The van der Waals surface area contributed by atoms with Gasteiger partial charge in [-0.25, -0.2) is 0 Å². The first kappa shape index (κ1) is 6.92. The number of carbonyl (C=O) groups is 3. The lowest BCUT2D eigenvalue weighted by atomic mass is 10.3. The van der Waals surface area contributed by atoms with E-state index in [9.17, 15) is 14.4 Å². The molecule has 2 unspecified atom stereocenters. The smallest absolute Gasteiger partial charge is 0.317 e. The van der Waals surface area contributed by atoms with Gasteiger partial charge in [-0.1, -0.05) is 0 Å². The first-order valence-electron chi connectivity index (χ1n) is 2.89. The van der Waals surface area contributed by atoms with E-state index in [0.717, 1.165) is 0 Å². The van der Waals surface area contributed by atoms with Crippen molar-refractivity contribution in [3.63, 3.8) is 0 Å². The van der Waals surface area contributed by atoms with Crippen molar-refractivity contribution in [1.82, 2.24) is 0 Å². The highest BCUT2D eigenvalue weighted by atomic mass is 16.6. The van der Waals surface area contributed by atoms with Gasteiger partial charge in [-0.3, -0.25) is 9.59 Å². The predicted molar refractivity (Wildman–Crippen MR) is 29.8 cm³/mol. The maximum atomic E-state index is 10.6. The molecule has 1 aliphatic rings. The number of carbonyl (C=O) groups excluding carboxylic acids is 3. The molecule has 2 atom stereocenters. The molecule has 0 saturated heterocycles. The molecule has 10 heavy (non-hydrogen) atoms. The van der Waals surface area contributed by atoms with Crippen LogP contribution in [0.15, 0.2) is 0 Å². The van der Waals surface area contributed by atoms with Crippen molar-refractivity contribution in [2.24, 2.45) is 11.8 Å². The molecular formula is C6H6O4. The van der Waals surface area contributed by atoms with Gasteiger partial charge in [-0.15, -0.1) is 0 Å². The maximum absolute atomic E-state index is 10.6. The highest BCUT2D eigenvalue weighted by molar-refractivity contribution is 5.85. The number of ether oxygens (including phenoxy) is 1. The van der Waals surface area contributed by atoms with Gasteiger partial charge in [0.1, 0.15) is 6.29 Å². The monoisotopic (exact) mass is 142 g/mol. The van der Waals surface area contributed by atoms with Crippen LogP contribution in [0, 0.1) is 11.8 Å². The maximum Gasteiger partial charge on any atom is 0.317 e. The minimum atomic E-state index is -0.591. The van der Waals surface area contributed by atoms with Crippen molar-refractivity contribution >= 4 is 18.7 Å². The normalized spacial score (nSPS) is 28.8. The highest BCUT2D eigenvalue weighted by Gasteiger charge is 2.44. The van der Waals surface area contributed by atoms with E-state index in [-0.39, 0.29) is 18.3 Å². The van der Waals surface area contributed by atoms with Crippen molar-refractivity contribution in [3.05, 3.63) is 0 Å². The summed E-state index contributed by atoms with van der Waals surface area (Å²) in [6, 6.07) is 0. The number of hydrogen-bond donors (Lipinski definition) is 0. The summed E-state index contributed by atoms with van der Waals surface area (Å²) >= 11 is 0. The van der Waals surface area contributed by atoms with Crippen LogP contribution in [0.3, 0.4) is 0 Å². The van der Waals surface area contributed by atoms with Crippen LogP contribution in [0.4, 0.5) is 0 Å². The van der Waals surface area contributed by atoms with Gasteiger partial charge >= 0.3 is 12.4 Å². The van der Waals surface area contributed by atoms with Crippen LogP contribution in [0.5, 0.6) is 0 Å². The summed E-state index contributed by atoms with van der Waals surface area (Å²) < 4.78 is 4.02. The largest absolute Gasteiger partial charge is 0.395 e. The molecule has 1 rings (SSSR count). The molecule has 0 N–H and O–H groups in total. The molecule has 4 heteroatoms. The molecule has 0 aromatic rings. The first-order valence-corrected chi connectivity index (χ1v) is 2.89. The third-order valence-corrected chi connectivity index (χ3v) is 1.48. The van der Waals surface area contributed by atoms with E-state index >= 15 is 0 Å². The zero-order valence-electron chi connectivity index (χ0n) is 5.15. The Morgan fingerprint density at radius 1 is 1.50 bits per heavy atom. The molecule has 0 amide bonds. The topological polar surface area (TPSA) is 60.4 Å². The van der Waals surface area contributed by atoms with Gasteiger partial charge in [-0.05, 0) is 6.42 Å². The van der Waals surface area contributed by atoms with Gasteiger partial charge in [0.05, 0.1) is 5.92 Å². The van der Waals surface area contributed by atoms with E-state index in [4.69, 9.17) is 0 Å². The van der Waals surface area contributed by atoms with E-state index in [2.05, 4.69) is 4.74 Å². The molecule has 54 valence electrons. The predicted octanol–water partition coefficient (Wildman–Crippen LogP) is -0.479. The molecule has 0 aromatic heterocycles. The summed E-state index contributed by atoms with van der Waals surface area (Å²) in [6.07, 6.45) is 1.23. The van der Waals surface area contributed by atoms with Crippen molar-refractivity contribution in [3.8, 4) is 0 Å². The van der Waals surface area contributed by atoms with Crippen molar-refractivity contribution in [1.29, 1.82) is 0 Å². The van der Waals surface area contributed by atoms with Gasteiger partial charge in [0.2, 0.25) is 0 Å². The van der Waals surface area contributed by atoms with Crippen LogP contribution in [0.25, 0.3) is 0 Å². The fourth-order valence-electron chi connectivity index (χ4n) is 0.771. The van der Waals surface area contributed by atoms with Crippen LogP contribution in [-0.4, -0.2) is 18.7 Å². The van der Waals surface area contributed by atoms with Gasteiger partial charge in [-0.2, -0.15) is 0 Å².